The van der Waals surface area contributed by atoms with Crippen molar-refractivity contribution < 1.29 is 0 Å². The second-order valence-corrected chi connectivity index (χ2v) is 4.92. The molecule has 0 saturated carbocycles. The van der Waals surface area contributed by atoms with Crippen LogP contribution in [0.2, 0.25) is 0 Å². The number of nitrogens with one attached hydrogen (secondary N) is 1. The Labute approximate surface area is 100 Å². The van der Waals surface area contributed by atoms with E-state index in [9.17, 15) is 0 Å². The molecule has 0 amide bonds. The highest BCUT2D eigenvalue weighted by molar-refractivity contribution is 4.92. The lowest BCUT2D eigenvalue weighted by atomic mass is 10.2. The van der Waals surface area contributed by atoms with Crippen LogP contribution in [0.5, 0.6) is 0 Å². The molecule has 4 nitrogen and oxygen atoms in total. The third-order valence-corrected chi connectivity index (χ3v) is 2.33. The minimum absolute atomic E-state index is 0.0654. The Kier molecular flexibility index (Phi) is 8.18. The van der Waals surface area contributed by atoms with Gasteiger partial charge in [-0.05, 0) is 54.5 Å². The van der Waals surface area contributed by atoms with Gasteiger partial charge in [0.05, 0.1) is 6.07 Å². The molecule has 16 heavy (non-hydrogen) atoms. The molecule has 0 rings (SSSR count). The smallest absolute Gasteiger partial charge is 0.108 e. The molecular formula is C12H26N4. The molecule has 1 atom stereocenters. The normalized spacial score (nSPS) is 13.4. The van der Waals surface area contributed by atoms with Crippen molar-refractivity contribution in [2.45, 2.75) is 32.4 Å². The first-order chi connectivity index (χ1) is 7.45. The molecule has 0 aromatic rings. The van der Waals surface area contributed by atoms with Gasteiger partial charge >= 0.3 is 0 Å². The van der Waals surface area contributed by atoms with E-state index in [2.05, 4.69) is 56.2 Å². The minimum Gasteiger partial charge on any atom is -0.309 e. The first-order valence-corrected chi connectivity index (χ1v) is 5.94. The second kappa shape index (κ2) is 8.51. The van der Waals surface area contributed by atoms with Crippen LogP contribution in [0, 0.1) is 11.3 Å². The molecule has 0 radical (unpaired) electrons. The van der Waals surface area contributed by atoms with Gasteiger partial charge in [-0.25, -0.2) is 0 Å². The van der Waals surface area contributed by atoms with Crippen molar-refractivity contribution in [1.82, 2.24) is 15.1 Å². The topological polar surface area (TPSA) is 42.3 Å². The van der Waals surface area contributed by atoms with Crippen molar-refractivity contribution in [2.24, 2.45) is 0 Å². The van der Waals surface area contributed by atoms with Gasteiger partial charge in [0.15, 0.2) is 0 Å². The Hall–Kier alpha value is -0.630. The van der Waals surface area contributed by atoms with E-state index in [0.29, 0.717) is 6.04 Å². The van der Waals surface area contributed by atoms with E-state index in [0.717, 1.165) is 26.1 Å². The van der Waals surface area contributed by atoms with Gasteiger partial charge in [0.2, 0.25) is 0 Å². The first kappa shape index (κ1) is 15.4. The van der Waals surface area contributed by atoms with Crippen molar-refractivity contribution >= 4 is 0 Å². The summed E-state index contributed by atoms with van der Waals surface area (Å²) in [5, 5.41) is 12.2. The molecule has 4 heteroatoms. The van der Waals surface area contributed by atoms with Crippen molar-refractivity contribution in [3.63, 3.8) is 0 Å². The highest BCUT2D eigenvalue weighted by atomic mass is 15.1. The summed E-state index contributed by atoms with van der Waals surface area (Å²) in [7, 11) is 6.23. The van der Waals surface area contributed by atoms with E-state index >= 15 is 0 Å². The largest absolute Gasteiger partial charge is 0.309 e. The standard InChI is InChI=1S/C12H26N4/c1-11(2)14-12(9-13)10-16(5)8-6-7-15(3)4/h11-12,14H,6-8,10H2,1-5H3. The SMILES string of the molecule is CC(C)NC(C#N)CN(C)CCCN(C)C. The van der Waals surface area contributed by atoms with Crippen LogP contribution in [0.15, 0.2) is 0 Å². The summed E-state index contributed by atoms with van der Waals surface area (Å²) >= 11 is 0. The number of nitrogens with zero attached hydrogens (tertiary/aromatic N) is 3. The first-order valence-electron chi connectivity index (χ1n) is 5.94. The number of hydrogen-bond donors (Lipinski definition) is 1. The summed E-state index contributed by atoms with van der Waals surface area (Å²) in [5.41, 5.74) is 0. The van der Waals surface area contributed by atoms with Gasteiger partial charge in [-0.2, -0.15) is 5.26 Å². The average Bonchev–Trinajstić information content (AvgIpc) is 2.15. The van der Waals surface area contributed by atoms with Gasteiger partial charge < -0.3 is 9.80 Å². The second-order valence-electron chi connectivity index (χ2n) is 4.92. The molecular weight excluding hydrogens is 200 g/mol. The molecule has 0 saturated heterocycles. The van der Waals surface area contributed by atoms with Gasteiger partial charge in [-0.3, -0.25) is 5.32 Å². The van der Waals surface area contributed by atoms with Gasteiger partial charge in [-0.15, -0.1) is 0 Å². The molecule has 1 N–H and O–H groups in total. The molecule has 0 heterocycles. The van der Waals surface area contributed by atoms with Crippen LogP contribution in [0.25, 0.3) is 0 Å². The van der Waals surface area contributed by atoms with Gasteiger partial charge in [0.25, 0.3) is 0 Å². The van der Waals surface area contributed by atoms with Crippen LogP contribution in [0.1, 0.15) is 20.3 Å². The quantitative estimate of drug-likeness (QED) is 0.663. The predicted molar refractivity (Wildman–Crippen MR) is 68.3 cm³/mol. The number of rotatable bonds is 8. The molecule has 0 aliphatic rings. The lowest BCUT2D eigenvalue weighted by molar-refractivity contribution is 0.281. The zero-order valence-corrected chi connectivity index (χ0v) is 11.3. The van der Waals surface area contributed by atoms with Crippen LogP contribution < -0.4 is 5.32 Å². The summed E-state index contributed by atoms with van der Waals surface area (Å²) in [6.45, 7) is 7.06. The molecule has 94 valence electrons. The maximum atomic E-state index is 8.99. The van der Waals surface area contributed by atoms with Crippen molar-refractivity contribution in [2.75, 3.05) is 40.8 Å². The highest BCUT2D eigenvalue weighted by Crippen LogP contribution is 1.94. The summed E-state index contributed by atoms with van der Waals surface area (Å²) in [4.78, 5) is 4.40. The Morgan fingerprint density at radius 3 is 2.25 bits per heavy atom. The molecule has 0 spiro atoms. The molecule has 0 aromatic heterocycles. The van der Waals surface area contributed by atoms with E-state index in [1.54, 1.807) is 0 Å². The fourth-order valence-corrected chi connectivity index (χ4v) is 1.59. The lowest BCUT2D eigenvalue weighted by Crippen LogP contribution is -2.42. The maximum Gasteiger partial charge on any atom is 0.108 e. The Bertz CT molecular complexity index is 208. The summed E-state index contributed by atoms with van der Waals surface area (Å²) in [6, 6.07) is 2.60. The van der Waals surface area contributed by atoms with Crippen LogP contribution >= 0.6 is 0 Å². The maximum absolute atomic E-state index is 8.99. The van der Waals surface area contributed by atoms with E-state index < -0.39 is 0 Å². The van der Waals surface area contributed by atoms with Crippen LogP contribution in [-0.2, 0) is 0 Å². The monoisotopic (exact) mass is 226 g/mol. The average molecular weight is 226 g/mol. The third kappa shape index (κ3) is 8.66. The van der Waals surface area contributed by atoms with E-state index in [-0.39, 0.29) is 6.04 Å². The fraction of sp³-hybridized carbons (Fsp3) is 0.917. The molecule has 1 unspecified atom stereocenters. The summed E-state index contributed by atoms with van der Waals surface area (Å²) in [5.74, 6) is 0. The van der Waals surface area contributed by atoms with Gasteiger partial charge in [-0.1, -0.05) is 0 Å². The minimum atomic E-state index is -0.0654. The number of hydrogen-bond acceptors (Lipinski definition) is 4. The Balaban J connectivity index is 3.75. The van der Waals surface area contributed by atoms with Crippen molar-refractivity contribution in [1.29, 1.82) is 5.26 Å². The molecule has 0 aliphatic carbocycles. The van der Waals surface area contributed by atoms with Gasteiger partial charge in [0, 0.05) is 12.6 Å². The van der Waals surface area contributed by atoms with E-state index in [1.807, 2.05) is 0 Å². The molecule has 0 aliphatic heterocycles. The Morgan fingerprint density at radius 2 is 1.81 bits per heavy atom. The predicted octanol–water partition coefficient (Wildman–Crippen LogP) is 0.760. The molecule has 0 fully saturated rings. The van der Waals surface area contributed by atoms with Gasteiger partial charge in [0.1, 0.15) is 6.04 Å². The third-order valence-electron chi connectivity index (χ3n) is 2.33. The molecule has 0 bridgehead atoms. The number of likely N-dealkylation sites (N-methyl/N-ethyl adjacent to an activating group) is 1. The zero-order valence-electron chi connectivity index (χ0n) is 11.3. The summed E-state index contributed by atoms with van der Waals surface area (Å²) < 4.78 is 0. The molecule has 0 aromatic carbocycles. The van der Waals surface area contributed by atoms with Crippen LogP contribution in [0.3, 0.4) is 0 Å². The van der Waals surface area contributed by atoms with Crippen molar-refractivity contribution in [3.05, 3.63) is 0 Å². The summed E-state index contributed by atoms with van der Waals surface area (Å²) in [6.07, 6.45) is 1.14. The van der Waals surface area contributed by atoms with Crippen LogP contribution in [-0.4, -0.2) is 62.7 Å². The van der Waals surface area contributed by atoms with Crippen molar-refractivity contribution in [3.8, 4) is 6.07 Å². The lowest BCUT2D eigenvalue weighted by Gasteiger charge is -2.22. The fourth-order valence-electron chi connectivity index (χ4n) is 1.59. The number of nitriles is 1. The Morgan fingerprint density at radius 1 is 1.19 bits per heavy atom. The zero-order chi connectivity index (χ0) is 12.6. The highest BCUT2D eigenvalue weighted by Gasteiger charge is 2.11. The van der Waals surface area contributed by atoms with Crippen LogP contribution in [0.4, 0.5) is 0 Å². The van der Waals surface area contributed by atoms with E-state index in [4.69, 9.17) is 5.26 Å². The van der Waals surface area contributed by atoms with E-state index in [1.165, 1.54) is 0 Å².